The first-order valence-electron chi connectivity index (χ1n) is 4.30. The lowest BCUT2D eigenvalue weighted by atomic mass is 10.2. The molecule has 0 fully saturated rings. The maximum absolute atomic E-state index is 5.69. The second-order valence-electron chi connectivity index (χ2n) is 2.76. The number of aliphatic imine (C=N–C) groups is 1. The van der Waals surface area contributed by atoms with Gasteiger partial charge in [-0.2, -0.15) is 0 Å². The van der Waals surface area contributed by atoms with E-state index in [-0.39, 0.29) is 0 Å². The van der Waals surface area contributed by atoms with Crippen molar-refractivity contribution in [2.75, 3.05) is 11.9 Å². The highest BCUT2D eigenvalue weighted by Crippen LogP contribution is 2.15. The van der Waals surface area contributed by atoms with Gasteiger partial charge in [-0.05, 0) is 17.7 Å². The molecule has 0 N–H and O–H groups in total. The average Bonchev–Trinajstić information content (AvgIpc) is 2.26. The van der Waals surface area contributed by atoms with E-state index in [1.807, 2.05) is 29.2 Å². The largest absolute Gasteiger partial charge is 0.309 e. The highest BCUT2D eigenvalue weighted by Gasteiger charge is 1.98. The van der Waals surface area contributed by atoms with Gasteiger partial charge in [0.1, 0.15) is 0 Å². The summed E-state index contributed by atoms with van der Waals surface area (Å²) in [6.45, 7) is 3.71. The van der Waals surface area contributed by atoms with Gasteiger partial charge in [0, 0.05) is 24.8 Å². The van der Waals surface area contributed by atoms with Crippen LogP contribution in [-0.4, -0.2) is 13.4 Å². The summed E-state index contributed by atoms with van der Waals surface area (Å²) in [5.74, 6) is 0.538. The Labute approximate surface area is 89.5 Å². The second kappa shape index (κ2) is 5.45. The van der Waals surface area contributed by atoms with Crippen molar-refractivity contribution >= 4 is 23.6 Å². The summed E-state index contributed by atoms with van der Waals surface area (Å²) < 4.78 is 0. The smallest absolute Gasteiger partial charge is 0.0931 e. The summed E-state index contributed by atoms with van der Waals surface area (Å²) in [6, 6.07) is 7.95. The molecule has 0 saturated carbocycles. The third-order valence-corrected chi connectivity index (χ3v) is 2.13. The molecular weight excluding hydrogens is 196 g/mol. The third kappa shape index (κ3) is 2.60. The molecular formula is C11H13ClN2. The zero-order chi connectivity index (χ0) is 10.4. The summed E-state index contributed by atoms with van der Waals surface area (Å²) in [4.78, 5) is 5.77. The van der Waals surface area contributed by atoms with Gasteiger partial charge >= 0.3 is 0 Å². The van der Waals surface area contributed by atoms with Crippen LogP contribution in [0.2, 0.25) is 0 Å². The van der Waals surface area contributed by atoms with Gasteiger partial charge in [0.25, 0.3) is 0 Å². The molecule has 1 aromatic rings. The standard InChI is InChI=1S/C11H13ClN2/c1-3-14(9-13-2)11-6-4-10(8-12)5-7-11/h3-7,9H,1,8H2,2H3. The fourth-order valence-corrected chi connectivity index (χ4v) is 1.28. The molecule has 74 valence electrons. The number of halogens is 1. The van der Waals surface area contributed by atoms with E-state index in [4.69, 9.17) is 11.6 Å². The van der Waals surface area contributed by atoms with E-state index in [0.717, 1.165) is 11.3 Å². The molecule has 0 amide bonds. The molecule has 0 atom stereocenters. The van der Waals surface area contributed by atoms with Crippen LogP contribution in [0.1, 0.15) is 5.56 Å². The molecule has 0 unspecified atom stereocenters. The Kier molecular flexibility index (Phi) is 4.20. The molecule has 0 aliphatic carbocycles. The normalized spacial score (nSPS) is 10.4. The van der Waals surface area contributed by atoms with Crippen molar-refractivity contribution in [3.63, 3.8) is 0 Å². The Hall–Kier alpha value is -1.28. The highest BCUT2D eigenvalue weighted by atomic mass is 35.5. The SMILES string of the molecule is C=CN(C=NC)c1ccc(CCl)cc1. The lowest BCUT2D eigenvalue weighted by molar-refractivity contribution is 1.32. The zero-order valence-corrected chi connectivity index (χ0v) is 8.91. The van der Waals surface area contributed by atoms with Gasteiger partial charge in [0.05, 0.1) is 6.34 Å². The van der Waals surface area contributed by atoms with Gasteiger partial charge < -0.3 is 4.90 Å². The average molecular weight is 209 g/mol. The predicted molar refractivity (Wildman–Crippen MR) is 63.1 cm³/mol. The molecule has 0 saturated heterocycles. The molecule has 14 heavy (non-hydrogen) atoms. The molecule has 0 spiro atoms. The van der Waals surface area contributed by atoms with Crippen molar-refractivity contribution in [1.82, 2.24) is 0 Å². The summed E-state index contributed by atoms with van der Waals surface area (Å²) in [6.07, 6.45) is 3.42. The molecule has 0 aromatic heterocycles. The van der Waals surface area contributed by atoms with Gasteiger partial charge in [-0.25, -0.2) is 0 Å². The first-order chi connectivity index (χ1) is 6.81. The first-order valence-corrected chi connectivity index (χ1v) is 4.83. The minimum atomic E-state index is 0.538. The van der Waals surface area contributed by atoms with Crippen LogP contribution >= 0.6 is 11.6 Å². The van der Waals surface area contributed by atoms with E-state index in [2.05, 4.69) is 11.6 Å². The van der Waals surface area contributed by atoms with E-state index in [9.17, 15) is 0 Å². The Balaban J connectivity index is 2.88. The molecule has 1 aromatic carbocycles. The zero-order valence-electron chi connectivity index (χ0n) is 8.15. The molecule has 0 aliphatic rings. The summed E-state index contributed by atoms with van der Waals surface area (Å²) in [7, 11) is 1.73. The Bertz CT molecular complexity index is 317. The third-order valence-electron chi connectivity index (χ3n) is 1.83. The van der Waals surface area contributed by atoms with Gasteiger partial charge in [0.2, 0.25) is 0 Å². The van der Waals surface area contributed by atoms with Gasteiger partial charge in [0.15, 0.2) is 0 Å². The number of hydrogen-bond acceptors (Lipinski definition) is 1. The van der Waals surface area contributed by atoms with Crippen molar-refractivity contribution < 1.29 is 0 Å². The van der Waals surface area contributed by atoms with Gasteiger partial charge in [-0.15, -0.1) is 11.6 Å². The molecule has 0 aliphatic heterocycles. The van der Waals surface area contributed by atoms with Gasteiger partial charge in [-0.1, -0.05) is 18.7 Å². The quantitative estimate of drug-likeness (QED) is 0.422. The topological polar surface area (TPSA) is 15.6 Å². The van der Waals surface area contributed by atoms with Crippen molar-refractivity contribution in [3.05, 3.63) is 42.6 Å². The molecule has 0 bridgehead atoms. The molecule has 2 nitrogen and oxygen atoms in total. The van der Waals surface area contributed by atoms with E-state index in [1.165, 1.54) is 0 Å². The lowest BCUT2D eigenvalue weighted by Gasteiger charge is -2.13. The highest BCUT2D eigenvalue weighted by molar-refractivity contribution is 6.17. The Morgan fingerprint density at radius 2 is 2.07 bits per heavy atom. The minimum absolute atomic E-state index is 0.538. The van der Waals surface area contributed by atoms with Crippen molar-refractivity contribution in [3.8, 4) is 0 Å². The number of rotatable bonds is 4. The fourth-order valence-electron chi connectivity index (χ4n) is 1.10. The fraction of sp³-hybridized carbons (Fsp3) is 0.182. The van der Waals surface area contributed by atoms with E-state index >= 15 is 0 Å². The number of anilines is 1. The summed E-state index contributed by atoms with van der Waals surface area (Å²) in [5.41, 5.74) is 2.13. The van der Waals surface area contributed by atoms with Crippen molar-refractivity contribution in [2.45, 2.75) is 5.88 Å². The maximum Gasteiger partial charge on any atom is 0.0931 e. The molecule has 3 heteroatoms. The maximum atomic E-state index is 5.69. The van der Waals surface area contributed by atoms with E-state index in [0.29, 0.717) is 5.88 Å². The summed E-state index contributed by atoms with van der Waals surface area (Å²) >= 11 is 5.69. The monoisotopic (exact) mass is 208 g/mol. The molecule has 0 radical (unpaired) electrons. The van der Waals surface area contributed by atoms with Crippen molar-refractivity contribution in [1.29, 1.82) is 0 Å². The van der Waals surface area contributed by atoms with Crippen LogP contribution in [0, 0.1) is 0 Å². The predicted octanol–water partition coefficient (Wildman–Crippen LogP) is 3.03. The Morgan fingerprint density at radius 1 is 1.43 bits per heavy atom. The van der Waals surface area contributed by atoms with Crippen molar-refractivity contribution in [2.24, 2.45) is 4.99 Å². The summed E-state index contributed by atoms with van der Waals surface area (Å²) in [5, 5.41) is 0. The molecule has 1 rings (SSSR count). The van der Waals surface area contributed by atoms with Crippen LogP contribution in [-0.2, 0) is 5.88 Å². The van der Waals surface area contributed by atoms with Crippen LogP contribution in [0.15, 0.2) is 42.0 Å². The lowest BCUT2D eigenvalue weighted by Crippen LogP contribution is -2.12. The van der Waals surface area contributed by atoms with Crippen LogP contribution in [0.3, 0.4) is 0 Å². The van der Waals surface area contributed by atoms with Crippen LogP contribution < -0.4 is 4.90 Å². The van der Waals surface area contributed by atoms with Crippen LogP contribution in [0.25, 0.3) is 0 Å². The second-order valence-corrected chi connectivity index (χ2v) is 3.03. The number of benzene rings is 1. The van der Waals surface area contributed by atoms with Crippen LogP contribution in [0.5, 0.6) is 0 Å². The number of nitrogens with zero attached hydrogens (tertiary/aromatic N) is 2. The van der Waals surface area contributed by atoms with E-state index < -0.39 is 0 Å². The van der Waals surface area contributed by atoms with Gasteiger partial charge in [-0.3, -0.25) is 4.99 Å². The number of hydrogen-bond donors (Lipinski definition) is 0. The Morgan fingerprint density at radius 3 is 2.50 bits per heavy atom. The number of alkyl halides is 1. The van der Waals surface area contributed by atoms with Crippen LogP contribution in [0.4, 0.5) is 5.69 Å². The first kappa shape index (κ1) is 10.8. The molecule has 0 heterocycles. The minimum Gasteiger partial charge on any atom is -0.309 e. The van der Waals surface area contributed by atoms with E-state index in [1.54, 1.807) is 19.6 Å².